The molecule has 90 valence electrons. The molecule has 0 saturated carbocycles. The molecule has 2 rings (SSSR count). The Labute approximate surface area is 97.3 Å². The van der Waals surface area contributed by atoms with E-state index in [1.54, 1.807) is 25.0 Å². The number of aromatic amines is 1. The maximum atomic E-state index is 10.6. The Hall–Kier alpha value is -2.15. The first-order valence-corrected chi connectivity index (χ1v) is 5.12. The zero-order valence-electron chi connectivity index (χ0n) is 9.08. The first-order valence-electron chi connectivity index (χ1n) is 5.12. The van der Waals surface area contributed by atoms with Crippen LogP contribution >= 0.6 is 0 Å². The lowest BCUT2D eigenvalue weighted by molar-refractivity contribution is -0.138. The van der Waals surface area contributed by atoms with E-state index in [0.29, 0.717) is 12.2 Å². The second kappa shape index (κ2) is 4.79. The molecule has 2 aromatic heterocycles. The van der Waals surface area contributed by atoms with Crippen molar-refractivity contribution in [2.75, 3.05) is 0 Å². The Bertz CT molecular complexity index is 491. The van der Waals surface area contributed by atoms with Gasteiger partial charge in [0.05, 0.1) is 30.6 Å². The smallest absolute Gasteiger partial charge is 0.320 e. The number of aliphatic carboxylic acids is 1. The molecule has 0 aliphatic rings. The van der Waals surface area contributed by atoms with E-state index in [2.05, 4.69) is 15.0 Å². The summed E-state index contributed by atoms with van der Waals surface area (Å²) in [7, 11) is 0. The predicted octanol–water partition coefficient (Wildman–Crippen LogP) is -0.391. The van der Waals surface area contributed by atoms with Crippen LogP contribution in [0.1, 0.15) is 11.4 Å². The van der Waals surface area contributed by atoms with Crippen LogP contribution in [0, 0.1) is 0 Å². The lowest BCUT2D eigenvalue weighted by atomic mass is 10.2. The SMILES string of the molecule is N[C@@H](Cc1cn(Cc2c[nH]cn2)cn1)C(=O)O. The van der Waals surface area contributed by atoms with Crippen LogP contribution in [-0.4, -0.2) is 36.6 Å². The number of aromatic nitrogens is 4. The molecule has 0 spiro atoms. The van der Waals surface area contributed by atoms with Crippen molar-refractivity contribution in [2.45, 2.75) is 19.0 Å². The summed E-state index contributed by atoms with van der Waals surface area (Å²) in [6, 6.07) is -0.913. The fraction of sp³-hybridized carbons (Fsp3) is 0.300. The number of hydrogen-bond acceptors (Lipinski definition) is 4. The molecule has 0 aliphatic carbocycles. The molecule has 7 heteroatoms. The highest BCUT2D eigenvalue weighted by Crippen LogP contribution is 2.03. The van der Waals surface area contributed by atoms with Gasteiger partial charge in [-0.05, 0) is 0 Å². The molecule has 0 aliphatic heterocycles. The molecular formula is C10H13N5O2. The fourth-order valence-corrected chi connectivity index (χ4v) is 1.48. The van der Waals surface area contributed by atoms with E-state index in [0.717, 1.165) is 5.69 Å². The van der Waals surface area contributed by atoms with Crippen molar-refractivity contribution in [3.8, 4) is 0 Å². The topological polar surface area (TPSA) is 110 Å². The van der Waals surface area contributed by atoms with Crippen LogP contribution in [0.3, 0.4) is 0 Å². The zero-order chi connectivity index (χ0) is 12.3. The summed E-state index contributed by atoms with van der Waals surface area (Å²) in [5.41, 5.74) is 6.98. The Morgan fingerprint density at radius 3 is 3.00 bits per heavy atom. The van der Waals surface area contributed by atoms with Crippen LogP contribution in [0.5, 0.6) is 0 Å². The molecule has 0 amide bonds. The highest BCUT2D eigenvalue weighted by Gasteiger charge is 2.13. The summed E-state index contributed by atoms with van der Waals surface area (Å²) < 4.78 is 1.83. The third kappa shape index (κ3) is 2.91. The van der Waals surface area contributed by atoms with Crippen LogP contribution in [0.4, 0.5) is 0 Å². The molecule has 2 aromatic rings. The zero-order valence-corrected chi connectivity index (χ0v) is 9.08. The maximum absolute atomic E-state index is 10.6. The van der Waals surface area contributed by atoms with Gasteiger partial charge in [-0.25, -0.2) is 9.97 Å². The van der Waals surface area contributed by atoms with E-state index in [1.807, 2.05) is 4.57 Å². The molecule has 0 aromatic carbocycles. The normalized spacial score (nSPS) is 12.5. The van der Waals surface area contributed by atoms with Crippen molar-refractivity contribution < 1.29 is 9.90 Å². The van der Waals surface area contributed by atoms with E-state index >= 15 is 0 Å². The van der Waals surface area contributed by atoms with Crippen LogP contribution in [0.25, 0.3) is 0 Å². The van der Waals surface area contributed by atoms with Gasteiger partial charge in [-0.2, -0.15) is 0 Å². The number of hydrogen-bond donors (Lipinski definition) is 3. The van der Waals surface area contributed by atoms with Crippen molar-refractivity contribution >= 4 is 5.97 Å². The second-order valence-corrected chi connectivity index (χ2v) is 3.75. The van der Waals surface area contributed by atoms with Gasteiger partial charge in [0.1, 0.15) is 6.04 Å². The van der Waals surface area contributed by atoms with Gasteiger partial charge in [-0.3, -0.25) is 4.79 Å². The van der Waals surface area contributed by atoms with Crippen molar-refractivity contribution in [3.63, 3.8) is 0 Å². The highest BCUT2D eigenvalue weighted by molar-refractivity contribution is 5.73. The molecule has 0 bridgehead atoms. The largest absolute Gasteiger partial charge is 0.480 e. The van der Waals surface area contributed by atoms with Gasteiger partial charge in [0.15, 0.2) is 0 Å². The first-order chi connectivity index (χ1) is 8.15. The number of H-pyrrole nitrogens is 1. The molecule has 0 fully saturated rings. The van der Waals surface area contributed by atoms with E-state index in [4.69, 9.17) is 10.8 Å². The first kappa shape index (κ1) is 11.3. The van der Waals surface area contributed by atoms with Crippen LogP contribution in [0.2, 0.25) is 0 Å². The van der Waals surface area contributed by atoms with Gasteiger partial charge in [0.2, 0.25) is 0 Å². The average molecular weight is 235 g/mol. The van der Waals surface area contributed by atoms with Gasteiger partial charge >= 0.3 is 5.97 Å². The quantitative estimate of drug-likeness (QED) is 0.653. The van der Waals surface area contributed by atoms with Crippen molar-refractivity contribution in [2.24, 2.45) is 5.73 Å². The fourth-order valence-electron chi connectivity index (χ4n) is 1.48. The van der Waals surface area contributed by atoms with E-state index in [1.165, 1.54) is 0 Å². The Kier molecular flexibility index (Phi) is 3.20. The average Bonchev–Trinajstić information content (AvgIpc) is 2.91. The van der Waals surface area contributed by atoms with Gasteiger partial charge < -0.3 is 20.4 Å². The number of carbonyl (C=O) groups is 1. The molecule has 4 N–H and O–H groups in total. The molecule has 0 saturated heterocycles. The van der Waals surface area contributed by atoms with Crippen LogP contribution < -0.4 is 5.73 Å². The predicted molar refractivity (Wildman–Crippen MR) is 59.2 cm³/mol. The van der Waals surface area contributed by atoms with E-state index < -0.39 is 12.0 Å². The number of carboxylic acid groups (broad SMARTS) is 1. The van der Waals surface area contributed by atoms with Gasteiger partial charge in [-0.1, -0.05) is 0 Å². The van der Waals surface area contributed by atoms with Gasteiger partial charge in [-0.15, -0.1) is 0 Å². The monoisotopic (exact) mass is 235 g/mol. The molecular weight excluding hydrogens is 222 g/mol. The summed E-state index contributed by atoms with van der Waals surface area (Å²) >= 11 is 0. The number of rotatable bonds is 5. The summed E-state index contributed by atoms with van der Waals surface area (Å²) in [5, 5.41) is 8.68. The molecule has 0 unspecified atom stereocenters. The Balaban J connectivity index is 1.98. The minimum atomic E-state index is -1.02. The minimum Gasteiger partial charge on any atom is -0.480 e. The molecule has 0 radical (unpaired) electrons. The van der Waals surface area contributed by atoms with E-state index in [-0.39, 0.29) is 6.42 Å². The third-order valence-corrected chi connectivity index (χ3v) is 2.33. The molecule has 17 heavy (non-hydrogen) atoms. The summed E-state index contributed by atoms with van der Waals surface area (Å²) in [6.45, 7) is 0.596. The van der Waals surface area contributed by atoms with Gasteiger partial charge in [0.25, 0.3) is 0 Å². The van der Waals surface area contributed by atoms with Crippen LogP contribution in [0.15, 0.2) is 25.0 Å². The number of nitrogens with two attached hydrogens (primary N) is 1. The summed E-state index contributed by atoms with van der Waals surface area (Å²) in [5.74, 6) is -1.02. The van der Waals surface area contributed by atoms with Crippen molar-refractivity contribution in [3.05, 3.63) is 36.4 Å². The highest BCUT2D eigenvalue weighted by atomic mass is 16.4. The van der Waals surface area contributed by atoms with Crippen LogP contribution in [-0.2, 0) is 17.8 Å². The number of carboxylic acids is 1. The lowest BCUT2D eigenvalue weighted by Crippen LogP contribution is -2.32. The van der Waals surface area contributed by atoms with Crippen molar-refractivity contribution in [1.29, 1.82) is 0 Å². The van der Waals surface area contributed by atoms with E-state index in [9.17, 15) is 4.79 Å². The number of imidazole rings is 2. The summed E-state index contributed by atoms with van der Waals surface area (Å²) in [4.78, 5) is 21.6. The maximum Gasteiger partial charge on any atom is 0.320 e. The molecule has 1 atom stereocenters. The van der Waals surface area contributed by atoms with Gasteiger partial charge in [0, 0.05) is 18.8 Å². The number of nitrogens with zero attached hydrogens (tertiary/aromatic N) is 3. The number of nitrogens with one attached hydrogen (secondary N) is 1. The van der Waals surface area contributed by atoms with Crippen molar-refractivity contribution in [1.82, 2.24) is 19.5 Å². The lowest BCUT2D eigenvalue weighted by Gasteiger charge is -2.02. The Morgan fingerprint density at radius 2 is 2.35 bits per heavy atom. The molecule has 2 heterocycles. The Morgan fingerprint density at radius 1 is 1.53 bits per heavy atom. The summed E-state index contributed by atoms with van der Waals surface area (Å²) in [6.07, 6.45) is 7.04. The third-order valence-electron chi connectivity index (χ3n) is 2.33. The second-order valence-electron chi connectivity index (χ2n) is 3.75. The standard InChI is InChI=1S/C10H13N5O2/c11-9(10(16)17)1-7-3-15(6-14-7)4-8-2-12-5-13-8/h2-3,5-6,9H,1,4,11H2,(H,12,13)(H,16,17)/t9-/m0/s1. The molecule has 7 nitrogen and oxygen atoms in total. The minimum absolute atomic E-state index is 0.225.